The summed E-state index contributed by atoms with van der Waals surface area (Å²) in [6.45, 7) is 8.41. The Hall–Kier alpha value is -2.33. The third-order valence-electron chi connectivity index (χ3n) is 6.20. The zero-order valence-corrected chi connectivity index (χ0v) is 17.1. The third-order valence-corrected chi connectivity index (χ3v) is 6.51. The molecule has 142 valence electrons. The van der Waals surface area contributed by atoms with E-state index in [0.29, 0.717) is 16.3 Å². The van der Waals surface area contributed by atoms with Gasteiger partial charge in [-0.3, -0.25) is 9.59 Å². The molecular formula is C22H25ClN2O2. The number of nitrogens with one attached hydrogen (secondary N) is 1. The van der Waals surface area contributed by atoms with Crippen molar-refractivity contribution in [1.82, 2.24) is 0 Å². The number of carbonyl (C=O) groups is 2. The van der Waals surface area contributed by atoms with Crippen molar-refractivity contribution >= 4 is 34.8 Å². The van der Waals surface area contributed by atoms with Crippen LogP contribution in [0.15, 0.2) is 48.5 Å². The summed E-state index contributed by atoms with van der Waals surface area (Å²) >= 11 is 6.35. The molecule has 4 nitrogen and oxygen atoms in total. The Bertz CT molecular complexity index is 876. The molecule has 1 saturated carbocycles. The summed E-state index contributed by atoms with van der Waals surface area (Å²) in [6.07, 6.45) is 0. The Labute approximate surface area is 165 Å². The molecule has 0 saturated heterocycles. The number of carbonyl (C=O) groups excluding carboxylic acids is 2. The Kier molecular flexibility index (Phi) is 4.81. The van der Waals surface area contributed by atoms with Crippen LogP contribution in [0, 0.1) is 16.7 Å². The van der Waals surface area contributed by atoms with Crippen LogP contribution in [0.4, 0.5) is 11.4 Å². The Morgan fingerprint density at radius 3 is 2.11 bits per heavy atom. The van der Waals surface area contributed by atoms with Crippen LogP contribution in [0.1, 0.15) is 38.1 Å². The summed E-state index contributed by atoms with van der Waals surface area (Å²) in [4.78, 5) is 26.9. The van der Waals surface area contributed by atoms with Crippen LogP contribution < -0.4 is 10.2 Å². The molecule has 1 N–H and O–H groups in total. The van der Waals surface area contributed by atoms with E-state index in [1.165, 1.54) is 0 Å². The van der Waals surface area contributed by atoms with Crippen molar-refractivity contribution in [3.05, 3.63) is 59.1 Å². The number of para-hydroxylation sites is 1. The van der Waals surface area contributed by atoms with Crippen LogP contribution in [0.2, 0.25) is 5.02 Å². The van der Waals surface area contributed by atoms with E-state index in [9.17, 15) is 9.59 Å². The lowest BCUT2D eigenvalue weighted by Crippen LogP contribution is -2.26. The second-order valence-corrected chi connectivity index (χ2v) is 8.67. The number of anilines is 2. The summed E-state index contributed by atoms with van der Waals surface area (Å²) in [5.74, 6) is -0.260. The number of benzene rings is 2. The molecular weight excluding hydrogens is 360 g/mol. The van der Waals surface area contributed by atoms with Gasteiger partial charge in [0, 0.05) is 24.3 Å². The van der Waals surface area contributed by atoms with Gasteiger partial charge in [0.2, 0.25) is 5.91 Å². The molecule has 2 aromatic rings. The first kappa shape index (κ1) is 19.4. The van der Waals surface area contributed by atoms with E-state index < -0.39 is 0 Å². The minimum Gasteiger partial charge on any atom is -0.326 e. The minimum absolute atomic E-state index is 0.0125. The Morgan fingerprint density at radius 1 is 1.00 bits per heavy atom. The second-order valence-electron chi connectivity index (χ2n) is 8.26. The van der Waals surface area contributed by atoms with Gasteiger partial charge in [-0.05, 0) is 41.2 Å². The first-order chi connectivity index (χ1) is 12.6. The van der Waals surface area contributed by atoms with Crippen molar-refractivity contribution in [2.45, 2.75) is 27.7 Å². The number of halogens is 1. The first-order valence-electron chi connectivity index (χ1n) is 9.01. The molecule has 0 heterocycles. The molecule has 27 heavy (non-hydrogen) atoms. The highest BCUT2D eigenvalue weighted by atomic mass is 35.5. The number of hydrogen-bond donors (Lipinski definition) is 1. The zero-order valence-electron chi connectivity index (χ0n) is 16.3. The van der Waals surface area contributed by atoms with Crippen LogP contribution in [0.5, 0.6) is 0 Å². The van der Waals surface area contributed by atoms with Crippen LogP contribution >= 0.6 is 11.6 Å². The highest BCUT2D eigenvalue weighted by Crippen LogP contribution is 2.68. The largest absolute Gasteiger partial charge is 0.326 e. The van der Waals surface area contributed by atoms with E-state index in [1.807, 2.05) is 30.3 Å². The summed E-state index contributed by atoms with van der Waals surface area (Å²) in [5.41, 5.74) is 1.72. The zero-order chi connectivity index (χ0) is 20.0. The molecule has 0 radical (unpaired) electrons. The van der Waals surface area contributed by atoms with Gasteiger partial charge >= 0.3 is 0 Å². The van der Waals surface area contributed by atoms with E-state index in [1.54, 1.807) is 30.1 Å². The average molecular weight is 385 g/mol. The number of rotatable bonds is 4. The molecule has 1 aliphatic rings. The van der Waals surface area contributed by atoms with Crippen molar-refractivity contribution in [1.29, 1.82) is 0 Å². The quantitative estimate of drug-likeness (QED) is 0.783. The average Bonchev–Trinajstić information content (AvgIpc) is 3.03. The fraction of sp³-hybridized carbons (Fsp3) is 0.364. The number of hydrogen-bond acceptors (Lipinski definition) is 2. The first-order valence-corrected chi connectivity index (χ1v) is 9.38. The van der Waals surface area contributed by atoms with Gasteiger partial charge in [0.15, 0.2) is 0 Å². The highest BCUT2D eigenvalue weighted by Gasteiger charge is 2.68. The molecule has 0 atom stereocenters. The van der Waals surface area contributed by atoms with Crippen molar-refractivity contribution in [2.24, 2.45) is 16.7 Å². The molecule has 0 aliphatic heterocycles. The normalized spacial score (nSPS) is 17.3. The van der Waals surface area contributed by atoms with Gasteiger partial charge in [0.1, 0.15) is 0 Å². The maximum absolute atomic E-state index is 12.7. The van der Waals surface area contributed by atoms with Crippen molar-refractivity contribution in [3.8, 4) is 0 Å². The SMILES string of the molecule is CN(C(=O)c1ccc(NC(=O)C2C(C)(C)C2(C)C)cc1Cl)c1ccccc1. The molecule has 0 bridgehead atoms. The van der Waals surface area contributed by atoms with Gasteiger partial charge in [-0.25, -0.2) is 0 Å². The molecule has 2 amide bonds. The summed E-state index contributed by atoms with van der Waals surface area (Å²) in [7, 11) is 1.71. The van der Waals surface area contributed by atoms with Gasteiger partial charge in [-0.15, -0.1) is 0 Å². The fourth-order valence-electron chi connectivity index (χ4n) is 3.78. The van der Waals surface area contributed by atoms with Crippen LogP contribution in [0.3, 0.4) is 0 Å². The van der Waals surface area contributed by atoms with Gasteiger partial charge in [-0.2, -0.15) is 0 Å². The number of nitrogens with zero attached hydrogens (tertiary/aromatic N) is 1. The van der Waals surface area contributed by atoms with Crippen LogP contribution in [0.25, 0.3) is 0 Å². The lowest BCUT2D eigenvalue weighted by Gasteiger charge is -2.18. The molecule has 1 aliphatic carbocycles. The van der Waals surface area contributed by atoms with Gasteiger partial charge in [0.25, 0.3) is 5.91 Å². The Balaban J connectivity index is 1.75. The number of amides is 2. The smallest absolute Gasteiger partial charge is 0.259 e. The molecule has 0 aromatic heterocycles. The maximum atomic E-state index is 12.7. The minimum atomic E-state index is -0.200. The third kappa shape index (κ3) is 3.34. The van der Waals surface area contributed by atoms with Gasteiger partial charge in [0.05, 0.1) is 10.6 Å². The molecule has 2 aromatic carbocycles. The van der Waals surface area contributed by atoms with Gasteiger partial charge in [-0.1, -0.05) is 57.5 Å². The van der Waals surface area contributed by atoms with Crippen molar-refractivity contribution in [3.63, 3.8) is 0 Å². The van der Waals surface area contributed by atoms with E-state index in [-0.39, 0.29) is 28.6 Å². The standard InChI is InChI=1S/C22H25ClN2O2/c1-21(2)18(22(21,3)4)19(26)24-14-11-12-16(17(23)13-14)20(27)25(5)15-9-7-6-8-10-15/h6-13,18H,1-5H3,(H,24,26). The summed E-state index contributed by atoms with van der Waals surface area (Å²) < 4.78 is 0. The predicted octanol–water partition coefficient (Wildman–Crippen LogP) is 5.24. The molecule has 5 heteroatoms. The molecule has 1 fully saturated rings. The monoisotopic (exact) mass is 384 g/mol. The van der Waals surface area contributed by atoms with Gasteiger partial charge < -0.3 is 10.2 Å². The summed E-state index contributed by atoms with van der Waals surface area (Å²) in [6, 6.07) is 14.4. The van der Waals surface area contributed by atoms with Crippen molar-refractivity contribution < 1.29 is 9.59 Å². The van der Waals surface area contributed by atoms with E-state index in [4.69, 9.17) is 11.6 Å². The second kappa shape index (κ2) is 6.68. The van der Waals surface area contributed by atoms with Crippen LogP contribution in [-0.2, 0) is 4.79 Å². The highest BCUT2D eigenvalue weighted by molar-refractivity contribution is 6.35. The maximum Gasteiger partial charge on any atom is 0.259 e. The Morgan fingerprint density at radius 2 is 1.59 bits per heavy atom. The lowest BCUT2D eigenvalue weighted by molar-refractivity contribution is -0.118. The van der Waals surface area contributed by atoms with Crippen LogP contribution in [-0.4, -0.2) is 18.9 Å². The predicted molar refractivity (Wildman–Crippen MR) is 110 cm³/mol. The van der Waals surface area contributed by atoms with Crippen molar-refractivity contribution in [2.75, 3.05) is 17.3 Å². The van der Waals surface area contributed by atoms with E-state index in [2.05, 4.69) is 33.0 Å². The lowest BCUT2D eigenvalue weighted by atomic mass is 10.0. The van der Waals surface area contributed by atoms with E-state index in [0.717, 1.165) is 5.69 Å². The fourth-order valence-corrected chi connectivity index (χ4v) is 4.04. The molecule has 0 spiro atoms. The topological polar surface area (TPSA) is 49.4 Å². The van der Waals surface area contributed by atoms with E-state index >= 15 is 0 Å². The molecule has 0 unspecified atom stereocenters. The molecule has 3 rings (SSSR count). The summed E-state index contributed by atoms with van der Waals surface area (Å²) in [5, 5.41) is 3.25.